The molecule has 0 aromatic carbocycles. The normalized spacial score (nSPS) is 9.94. The Kier molecular flexibility index (Phi) is 9.62. The van der Waals surface area contributed by atoms with E-state index < -0.39 is 5.60 Å². The molecule has 0 fully saturated rings. The fourth-order valence-electron chi connectivity index (χ4n) is 0.903. The number of hydrogen-bond donors (Lipinski definition) is 2. The first-order valence-corrected chi connectivity index (χ1v) is 4.63. The van der Waals surface area contributed by atoms with E-state index in [2.05, 4.69) is 15.4 Å². The summed E-state index contributed by atoms with van der Waals surface area (Å²) in [4.78, 5) is 11.3. The zero-order valence-electron chi connectivity index (χ0n) is 10.4. The van der Waals surface area contributed by atoms with Crippen molar-refractivity contribution in [2.45, 2.75) is 32.8 Å². The second kappa shape index (κ2) is 8.02. The molecule has 1 aromatic heterocycles. The monoisotopic (exact) mass is 261 g/mol. The van der Waals surface area contributed by atoms with Crippen LogP contribution in [0.5, 0.6) is 0 Å². The summed E-state index contributed by atoms with van der Waals surface area (Å²) in [6.07, 6.45) is 0.0934. The van der Waals surface area contributed by atoms with Crippen molar-refractivity contribution in [2.75, 3.05) is 0 Å². The van der Waals surface area contributed by atoms with Crippen LogP contribution in [-0.4, -0.2) is 86.1 Å². The van der Waals surface area contributed by atoms with Gasteiger partial charge in [-0.15, -0.1) is 0 Å². The average molecular weight is 261 g/mol. The number of esters is 1. The van der Waals surface area contributed by atoms with Gasteiger partial charge in [0, 0.05) is 59.1 Å². The molecule has 0 bridgehead atoms. The minimum absolute atomic E-state index is 0. The van der Waals surface area contributed by atoms with E-state index in [9.17, 15) is 4.79 Å². The Hall–Kier alpha value is 0.830. The summed E-state index contributed by atoms with van der Waals surface area (Å²) in [5, 5.41) is 8.89. The van der Waals surface area contributed by atoms with Crippen LogP contribution in [0.15, 0.2) is 0 Å². The molecular formula is C8H13N3Na2O2S. The van der Waals surface area contributed by atoms with Crippen LogP contribution >= 0.6 is 12.2 Å². The molecule has 0 amide bonds. The van der Waals surface area contributed by atoms with E-state index in [0.717, 1.165) is 0 Å². The summed E-state index contributed by atoms with van der Waals surface area (Å²) in [5.41, 5.74) is 0.0351. The standard InChI is InChI=1S/C8H13N3O2S.2Na/c1-8(2,3)13-6(12)4-5-7(14)10-11-9-5;;/h4H2,1-3H3,(H2,9,10,11,14);;. The topological polar surface area (TPSA) is 70.8 Å². The van der Waals surface area contributed by atoms with Crippen LogP contribution < -0.4 is 0 Å². The number of carbonyl (C=O) groups excluding carboxylic acids is 1. The summed E-state index contributed by atoms with van der Waals surface area (Å²) in [7, 11) is 0. The van der Waals surface area contributed by atoms with Gasteiger partial charge in [-0.2, -0.15) is 5.10 Å². The molecule has 8 heteroatoms. The maximum absolute atomic E-state index is 11.3. The van der Waals surface area contributed by atoms with Crippen molar-refractivity contribution in [1.29, 1.82) is 0 Å². The predicted molar refractivity (Wildman–Crippen MR) is 64.8 cm³/mol. The third-order valence-electron chi connectivity index (χ3n) is 1.35. The minimum atomic E-state index is -0.473. The van der Waals surface area contributed by atoms with Gasteiger partial charge in [-0.3, -0.25) is 9.89 Å². The Morgan fingerprint density at radius 1 is 1.44 bits per heavy atom. The minimum Gasteiger partial charge on any atom is -0.460 e. The fraction of sp³-hybridized carbons (Fsp3) is 0.625. The van der Waals surface area contributed by atoms with E-state index in [1.54, 1.807) is 0 Å². The largest absolute Gasteiger partial charge is 0.460 e. The molecule has 0 saturated heterocycles. The number of nitrogens with one attached hydrogen (secondary N) is 2. The quantitative estimate of drug-likeness (QED) is 0.464. The molecule has 0 aliphatic rings. The van der Waals surface area contributed by atoms with E-state index in [1.165, 1.54) is 0 Å². The molecule has 1 rings (SSSR count). The number of carbonyl (C=O) groups is 1. The molecule has 1 aromatic rings. The van der Waals surface area contributed by atoms with Crippen LogP contribution in [-0.2, 0) is 16.0 Å². The second-order valence-corrected chi connectivity index (χ2v) is 4.30. The van der Waals surface area contributed by atoms with E-state index in [4.69, 9.17) is 17.0 Å². The molecule has 1 heterocycles. The van der Waals surface area contributed by atoms with Gasteiger partial charge >= 0.3 is 5.97 Å². The molecule has 16 heavy (non-hydrogen) atoms. The van der Waals surface area contributed by atoms with Crippen molar-refractivity contribution in [3.63, 3.8) is 0 Å². The first kappa shape index (κ1) is 19.2. The summed E-state index contributed by atoms with van der Waals surface area (Å²) < 4.78 is 5.55. The third kappa shape index (κ3) is 7.21. The van der Waals surface area contributed by atoms with Gasteiger partial charge in [-0.1, -0.05) is 12.2 Å². The second-order valence-electron chi connectivity index (χ2n) is 3.89. The third-order valence-corrected chi connectivity index (χ3v) is 1.69. The molecule has 0 saturated carbocycles. The Balaban J connectivity index is 0. The maximum atomic E-state index is 11.3. The Labute approximate surface area is 144 Å². The van der Waals surface area contributed by atoms with Crippen molar-refractivity contribution in [2.24, 2.45) is 0 Å². The molecule has 80 valence electrons. The number of ether oxygens (including phenoxy) is 1. The van der Waals surface area contributed by atoms with Crippen LogP contribution in [0.1, 0.15) is 26.5 Å². The van der Waals surface area contributed by atoms with E-state index in [0.29, 0.717) is 10.3 Å². The van der Waals surface area contributed by atoms with Gasteiger partial charge in [0.2, 0.25) is 0 Å². The summed E-state index contributed by atoms with van der Waals surface area (Å²) in [6.45, 7) is 5.45. The zero-order valence-corrected chi connectivity index (χ0v) is 15.2. The molecule has 0 spiro atoms. The van der Waals surface area contributed by atoms with Gasteiger partial charge in [0.15, 0.2) is 0 Å². The molecule has 5 nitrogen and oxygen atoms in total. The molecule has 0 aliphatic heterocycles. The molecule has 0 aliphatic carbocycles. The van der Waals surface area contributed by atoms with Crippen LogP contribution in [0.3, 0.4) is 0 Å². The van der Waals surface area contributed by atoms with Crippen molar-refractivity contribution < 1.29 is 9.53 Å². The van der Waals surface area contributed by atoms with Crippen molar-refractivity contribution >= 4 is 77.3 Å². The summed E-state index contributed by atoms with van der Waals surface area (Å²) in [5.74, 6) is -0.330. The van der Waals surface area contributed by atoms with Gasteiger partial charge in [0.05, 0.1) is 6.42 Å². The van der Waals surface area contributed by atoms with Gasteiger partial charge in [-0.25, -0.2) is 5.21 Å². The van der Waals surface area contributed by atoms with Crippen LogP contribution in [0, 0.1) is 4.64 Å². The molecule has 0 atom stereocenters. The average Bonchev–Trinajstić information content (AvgIpc) is 2.32. The molecule has 0 unspecified atom stereocenters. The zero-order chi connectivity index (χ0) is 10.8. The number of hydrogen-bond acceptors (Lipinski definition) is 4. The van der Waals surface area contributed by atoms with Gasteiger partial charge in [0.25, 0.3) is 0 Å². The number of rotatable bonds is 2. The number of nitrogens with zero attached hydrogens (tertiary/aromatic N) is 1. The van der Waals surface area contributed by atoms with E-state index in [-0.39, 0.29) is 71.5 Å². The first-order chi connectivity index (χ1) is 6.38. The first-order valence-electron chi connectivity index (χ1n) is 4.22. The predicted octanol–water partition coefficient (Wildman–Crippen LogP) is 0.590. The number of H-pyrrole nitrogens is 2. The van der Waals surface area contributed by atoms with E-state index in [1.807, 2.05) is 20.8 Å². The van der Waals surface area contributed by atoms with Crippen LogP contribution in [0.25, 0.3) is 0 Å². The fourth-order valence-corrected chi connectivity index (χ4v) is 1.07. The smallest absolute Gasteiger partial charge is 0.312 e. The number of aromatic amines is 2. The van der Waals surface area contributed by atoms with Crippen LogP contribution in [0.4, 0.5) is 0 Å². The molecule has 2 N–H and O–H groups in total. The van der Waals surface area contributed by atoms with Gasteiger partial charge in [0.1, 0.15) is 15.9 Å². The van der Waals surface area contributed by atoms with Crippen molar-refractivity contribution in [3.8, 4) is 0 Å². The van der Waals surface area contributed by atoms with Crippen molar-refractivity contribution in [1.82, 2.24) is 15.4 Å². The molecule has 2 radical (unpaired) electrons. The molecular weight excluding hydrogens is 248 g/mol. The van der Waals surface area contributed by atoms with E-state index >= 15 is 0 Å². The van der Waals surface area contributed by atoms with Gasteiger partial charge < -0.3 is 4.74 Å². The SMILES string of the molecule is CC(C)(C)OC(=O)Cc1n[nH][nH]c1=S.[Na].[Na]. The summed E-state index contributed by atoms with van der Waals surface area (Å²) >= 11 is 4.89. The van der Waals surface area contributed by atoms with Crippen molar-refractivity contribution in [3.05, 3.63) is 10.3 Å². The Morgan fingerprint density at radius 3 is 2.38 bits per heavy atom. The van der Waals surface area contributed by atoms with Crippen LogP contribution in [0.2, 0.25) is 0 Å². The van der Waals surface area contributed by atoms with Gasteiger partial charge in [-0.05, 0) is 20.8 Å². The maximum Gasteiger partial charge on any atom is 0.312 e. The summed E-state index contributed by atoms with van der Waals surface area (Å²) in [6, 6.07) is 0. The Bertz CT molecular complexity index is 383. The Morgan fingerprint density at radius 2 is 2.00 bits per heavy atom. The number of aromatic nitrogens is 3.